The molecule has 1 saturated carbocycles. The third-order valence-corrected chi connectivity index (χ3v) is 4.47. The van der Waals surface area contributed by atoms with Gasteiger partial charge >= 0.3 is 5.97 Å². The van der Waals surface area contributed by atoms with Gasteiger partial charge in [0.1, 0.15) is 5.54 Å². The summed E-state index contributed by atoms with van der Waals surface area (Å²) in [5.41, 5.74) is 5.10. The second-order valence-corrected chi connectivity index (χ2v) is 5.75. The molecule has 0 amide bonds. The van der Waals surface area contributed by atoms with Crippen molar-refractivity contribution in [1.82, 2.24) is 4.90 Å². The molecule has 2 rings (SSSR count). The minimum atomic E-state index is -1.00. The van der Waals surface area contributed by atoms with E-state index in [2.05, 4.69) is 11.8 Å². The molecule has 4 heteroatoms. The molecule has 3 N–H and O–H groups in total. The molecule has 4 nitrogen and oxygen atoms in total. The molecule has 0 radical (unpaired) electrons. The van der Waals surface area contributed by atoms with Crippen molar-refractivity contribution in [1.29, 1.82) is 0 Å². The number of aliphatic carboxylic acids is 1. The number of nitrogens with zero attached hydrogens (tertiary/aromatic N) is 1. The van der Waals surface area contributed by atoms with Crippen LogP contribution in [0.4, 0.5) is 0 Å². The topological polar surface area (TPSA) is 66.6 Å². The highest BCUT2D eigenvalue weighted by molar-refractivity contribution is 5.79. The van der Waals surface area contributed by atoms with Gasteiger partial charge in [-0.3, -0.25) is 4.79 Å². The summed E-state index contributed by atoms with van der Waals surface area (Å²) in [6, 6.07) is 0. The molecule has 98 valence electrons. The number of piperidine rings is 1. The van der Waals surface area contributed by atoms with Crippen LogP contribution in [-0.2, 0) is 4.79 Å². The van der Waals surface area contributed by atoms with Crippen molar-refractivity contribution in [2.24, 2.45) is 17.6 Å². The lowest BCUT2D eigenvalue weighted by molar-refractivity contribution is -0.145. The molecular weight excluding hydrogens is 216 g/mol. The third-order valence-electron chi connectivity index (χ3n) is 4.47. The van der Waals surface area contributed by atoms with E-state index < -0.39 is 11.5 Å². The lowest BCUT2D eigenvalue weighted by atomic mass is 9.90. The average molecular weight is 240 g/mol. The minimum Gasteiger partial charge on any atom is -0.480 e. The number of hydrogen-bond acceptors (Lipinski definition) is 3. The summed E-state index contributed by atoms with van der Waals surface area (Å²) in [6.07, 6.45) is 5.58. The summed E-state index contributed by atoms with van der Waals surface area (Å²) in [5, 5.41) is 9.32. The van der Waals surface area contributed by atoms with Crippen LogP contribution in [0, 0.1) is 11.8 Å². The zero-order valence-corrected chi connectivity index (χ0v) is 10.7. The quantitative estimate of drug-likeness (QED) is 0.760. The lowest BCUT2D eigenvalue weighted by Crippen LogP contribution is -2.58. The largest absolute Gasteiger partial charge is 0.480 e. The highest BCUT2D eigenvalue weighted by Crippen LogP contribution is 2.39. The first-order valence-electron chi connectivity index (χ1n) is 6.81. The summed E-state index contributed by atoms with van der Waals surface area (Å²) < 4.78 is 0. The molecule has 2 aliphatic rings. The van der Waals surface area contributed by atoms with Gasteiger partial charge in [-0.2, -0.15) is 0 Å². The summed E-state index contributed by atoms with van der Waals surface area (Å²) in [4.78, 5) is 13.6. The molecule has 1 atom stereocenters. The van der Waals surface area contributed by atoms with Crippen molar-refractivity contribution in [3.8, 4) is 0 Å². The van der Waals surface area contributed by atoms with E-state index in [-0.39, 0.29) is 5.92 Å². The van der Waals surface area contributed by atoms with Crippen molar-refractivity contribution in [3.63, 3.8) is 0 Å². The zero-order valence-electron chi connectivity index (χ0n) is 10.7. The van der Waals surface area contributed by atoms with Gasteiger partial charge in [-0.15, -0.1) is 0 Å². The number of carboxylic acids is 1. The number of carbonyl (C=O) groups is 1. The van der Waals surface area contributed by atoms with Gasteiger partial charge in [0.2, 0.25) is 0 Å². The van der Waals surface area contributed by atoms with Gasteiger partial charge in [0.15, 0.2) is 0 Å². The Labute approximate surface area is 103 Å². The first kappa shape index (κ1) is 12.8. The predicted octanol–water partition coefficient (Wildman–Crippen LogP) is 1.30. The Morgan fingerprint density at radius 1 is 1.35 bits per heavy atom. The van der Waals surface area contributed by atoms with Crippen LogP contribution in [0.2, 0.25) is 0 Å². The Bertz CT molecular complexity index is 283. The van der Waals surface area contributed by atoms with Crippen molar-refractivity contribution >= 4 is 5.97 Å². The summed E-state index contributed by atoms with van der Waals surface area (Å²) >= 11 is 0. The van der Waals surface area contributed by atoms with Gasteiger partial charge in [-0.25, -0.2) is 0 Å². The number of likely N-dealkylation sites (tertiary alicyclic amines) is 1. The summed E-state index contributed by atoms with van der Waals surface area (Å²) in [5.74, 6) is 0.200. The maximum Gasteiger partial charge on any atom is 0.325 e. The third kappa shape index (κ3) is 2.80. The van der Waals surface area contributed by atoms with E-state index in [1.807, 2.05) is 0 Å². The van der Waals surface area contributed by atoms with E-state index in [1.165, 1.54) is 19.3 Å². The molecule has 0 aromatic carbocycles. The van der Waals surface area contributed by atoms with Crippen LogP contribution in [0.3, 0.4) is 0 Å². The van der Waals surface area contributed by atoms with Crippen molar-refractivity contribution in [3.05, 3.63) is 0 Å². The molecule has 1 aliphatic carbocycles. The van der Waals surface area contributed by atoms with Crippen LogP contribution >= 0.6 is 0 Å². The fraction of sp³-hybridized carbons (Fsp3) is 0.923. The van der Waals surface area contributed by atoms with E-state index in [0.29, 0.717) is 6.54 Å². The van der Waals surface area contributed by atoms with Crippen LogP contribution in [-0.4, -0.2) is 41.1 Å². The molecule has 1 aliphatic heterocycles. The van der Waals surface area contributed by atoms with E-state index in [9.17, 15) is 9.90 Å². The fourth-order valence-corrected chi connectivity index (χ4v) is 2.89. The Kier molecular flexibility index (Phi) is 3.73. The lowest BCUT2D eigenvalue weighted by Gasteiger charge is -2.36. The van der Waals surface area contributed by atoms with Crippen molar-refractivity contribution in [2.45, 2.75) is 44.6 Å². The Balaban J connectivity index is 1.89. The molecule has 0 aromatic rings. The van der Waals surface area contributed by atoms with Crippen LogP contribution in [0.25, 0.3) is 0 Å². The minimum absolute atomic E-state index is 0.198. The van der Waals surface area contributed by atoms with Gasteiger partial charge < -0.3 is 15.7 Å². The Morgan fingerprint density at radius 3 is 2.35 bits per heavy atom. The first-order chi connectivity index (χ1) is 8.06. The summed E-state index contributed by atoms with van der Waals surface area (Å²) in [6.45, 7) is 4.79. The van der Waals surface area contributed by atoms with E-state index in [1.54, 1.807) is 0 Å². The predicted molar refractivity (Wildman–Crippen MR) is 66.7 cm³/mol. The average Bonchev–Trinajstić information content (AvgIpc) is 3.13. The first-order valence-corrected chi connectivity index (χ1v) is 6.81. The Hall–Kier alpha value is -0.610. The standard InChI is InChI=1S/C13H24N2O2/c1-2-10-5-7-15(8-6-10)9-13(14,12(16)17)11-3-4-11/h10-11H,2-9,14H2,1H3,(H,16,17). The van der Waals surface area contributed by atoms with Crippen LogP contribution in [0.15, 0.2) is 0 Å². The normalized spacial score (nSPS) is 26.7. The van der Waals surface area contributed by atoms with Gasteiger partial charge in [0.25, 0.3) is 0 Å². The molecule has 1 saturated heterocycles. The molecule has 0 spiro atoms. The van der Waals surface area contributed by atoms with Crippen LogP contribution in [0.5, 0.6) is 0 Å². The van der Waals surface area contributed by atoms with Gasteiger partial charge in [-0.05, 0) is 50.6 Å². The molecule has 17 heavy (non-hydrogen) atoms. The molecule has 2 fully saturated rings. The molecular formula is C13H24N2O2. The molecule has 1 unspecified atom stereocenters. The van der Waals surface area contributed by atoms with E-state index in [0.717, 1.165) is 31.8 Å². The maximum absolute atomic E-state index is 11.3. The monoisotopic (exact) mass is 240 g/mol. The second kappa shape index (κ2) is 4.94. The maximum atomic E-state index is 11.3. The highest BCUT2D eigenvalue weighted by atomic mass is 16.4. The van der Waals surface area contributed by atoms with Crippen LogP contribution < -0.4 is 5.73 Å². The van der Waals surface area contributed by atoms with Crippen LogP contribution in [0.1, 0.15) is 39.0 Å². The van der Waals surface area contributed by atoms with E-state index >= 15 is 0 Å². The number of nitrogens with two attached hydrogens (primary N) is 1. The number of rotatable bonds is 5. The smallest absolute Gasteiger partial charge is 0.325 e. The van der Waals surface area contributed by atoms with Gasteiger partial charge in [0.05, 0.1) is 0 Å². The zero-order chi connectivity index (χ0) is 12.5. The van der Waals surface area contributed by atoms with Gasteiger partial charge in [-0.1, -0.05) is 13.3 Å². The molecule has 0 bridgehead atoms. The highest BCUT2D eigenvalue weighted by Gasteiger charge is 2.49. The fourth-order valence-electron chi connectivity index (χ4n) is 2.89. The molecule has 1 heterocycles. The van der Waals surface area contributed by atoms with Gasteiger partial charge in [0, 0.05) is 6.54 Å². The van der Waals surface area contributed by atoms with E-state index in [4.69, 9.17) is 5.73 Å². The Morgan fingerprint density at radius 2 is 1.94 bits per heavy atom. The number of hydrogen-bond donors (Lipinski definition) is 2. The molecule has 0 aromatic heterocycles. The van der Waals surface area contributed by atoms with Crippen molar-refractivity contribution in [2.75, 3.05) is 19.6 Å². The number of carboxylic acid groups (broad SMARTS) is 1. The second-order valence-electron chi connectivity index (χ2n) is 5.75. The van der Waals surface area contributed by atoms with Crippen molar-refractivity contribution < 1.29 is 9.90 Å². The summed E-state index contributed by atoms with van der Waals surface area (Å²) in [7, 11) is 0. The SMILES string of the molecule is CCC1CCN(CC(N)(C(=O)O)C2CC2)CC1.